The molecule has 2 aromatic rings. The van der Waals surface area contributed by atoms with Crippen molar-refractivity contribution in [2.24, 2.45) is 0 Å². The number of benzene rings is 1. The van der Waals surface area contributed by atoms with Gasteiger partial charge in [-0.05, 0) is 50.3 Å². The Morgan fingerprint density at radius 1 is 1.22 bits per heavy atom. The lowest BCUT2D eigenvalue weighted by molar-refractivity contribution is 0.679. The van der Waals surface area contributed by atoms with Gasteiger partial charge in [0.2, 0.25) is 5.95 Å². The second-order valence-corrected chi connectivity index (χ2v) is 6.50. The highest BCUT2D eigenvalue weighted by molar-refractivity contribution is 9.10. The van der Waals surface area contributed by atoms with E-state index in [1.165, 1.54) is 25.7 Å². The van der Waals surface area contributed by atoms with Crippen molar-refractivity contribution in [2.45, 2.75) is 32.1 Å². The Balaban J connectivity index is 1.55. The van der Waals surface area contributed by atoms with E-state index < -0.39 is 0 Å². The third-order valence-electron chi connectivity index (χ3n) is 3.77. The Labute approximate surface area is 144 Å². The van der Waals surface area contributed by atoms with Crippen molar-refractivity contribution in [3.05, 3.63) is 46.6 Å². The first-order chi connectivity index (χ1) is 11.3. The molecular weight excluding hydrogens is 354 g/mol. The summed E-state index contributed by atoms with van der Waals surface area (Å²) in [4.78, 5) is 4.45. The highest BCUT2D eigenvalue weighted by atomic mass is 79.9. The molecule has 23 heavy (non-hydrogen) atoms. The van der Waals surface area contributed by atoms with E-state index in [0.29, 0.717) is 11.8 Å². The Kier molecular flexibility index (Phi) is 5.58. The summed E-state index contributed by atoms with van der Waals surface area (Å²) in [6, 6.07) is 7.93. The minimum atomic E-state index is 0.557. The third-order valence-corrected chi connectivity index (χ3v) is 4.26. The lowest BCUT2D eigenvalue weighted by Crippen LogP contribution is -2.09. The van der Waals surface area contributed by atoms with Gasteiger partial charge in [0.15, 0.2) is 5.82 Å². The monoisotopic (exact) mass is 373 g/mol. The largest absolute Gasteiger partial charge is 0.353 e. The molecule has 0 spiro atoms. The maximum absolute atomic E-state index is 4.45. The van der Waals surface area contributed by atoms with Gasteiger partial charge in [-0.1, -0.05) is 33.6 Å². The lowest BCUT2D eigenvalue weighted by Gasteiger charge is -2.13. The quantitative estimate of drug-likeness (QED) is 0.719. The molecule has 1 aromatic heterocycles. The second kappa shape index (κ2) is 8.06. The standard InChI is InChI=1S/C17H20BrN5/c18-14-7-4-8-15(11-14)21-16-12-20-23-17(22-16)19-10-9-13-5-2-1-3-6-13/h4-5,7-8,11-12H,1-3,6,9-10H2,(H2,19,21,22,23). The van der Waals surface area contributed by atoms with E-state index in [0.717, 1.165) is 23.1 Å². The summed E-state index contributed by atoms with van der Waals surface area (Å²) in [6.07, 6.45) is 10.1. The Morgan fingerprint density at radius 2 is 2.17 bits per heavy atom. The van der Waals surface area contributed by atoms with Gasteiger partial charge in [-0.3, -0.25) is 0 Å². The first-order valence-corrected chi connectivity index (χ1v) is 8.73. The van der Waals surface area contributed by atoms with Crippen LogP contribution in [-0.2, 0) is 0 Å². The van der Waals surface area contributed by atoms with E-state index in [-0.39, 0.29) is 0 Å². The van der Waals surface area contributed by atoms with E-state index in [4.69, 9.17) is 0 Å². The Bertz CT molecular complexity index is 686. The summed E-state index contributed by atoms with van der Waals surface area (Å²) in [5.41, 5.74) is 2.50. The minimum Gasteiger partial charge on any atom is -0.353 e. The molecule has 0 unspecified atom stereocenters. The van der Waals surface area contributed by atoms with Crippen molar-refractivity contribution >= 4 is 33.4 Å². The van der Waals surface area contributed by atoms with Gasteiger partial charge in [-0.15, -0.1) is 5.10 Å². The van der Waals surface area contributed by atoms with E-state index in [1.807, 2.05) is 24.3 Å². The van der Waals surface area contributed by atoms with Crippen LogP contribution < -0.4 is 10.6 Å². The van der Waals surface area contributed by atoms with Crippen LogP contribution in [0.15, 0.2) is 46.6 Å². The van der Waals surface area contributed by atoms with Crippen molar-refractivity contribution < 1.29 is 0 Å². The number of halogens is 1. The zero-order valence-electron chi connectivity index (χ0n) is 12.9. The van der Waals surface area contributed by atoms with E-state index >= 15 is 0 Å². The van der Waals surface area contributed by atoms with E-state index in [9.17, 15) is 0 Å². The van der Waals surface area contributed by atoms with Crippen LogP contribution in [0.1, 0.15) is 32.1 Å². The molecule has 0 saturated heterocycles. The van der Waals surface area contributed by atoms with Crippen LogP contribution >= 0.6 is 15.9 Å². The molecule has 1 aliphatic carbocycles. The molecule has 3 rings (SSSR count). The molecule has 1 heterocycles. The fraction of sp³-hybridized carbons (Fsp3) is 0.353. The molecule has 120 valence electrons. The molecule has 6 heteroatoms. The van der Waals surface area contributed by atoms with Crippen LogP contribution in [-0.4, -0.2) is 21.7 Å². The summed E-state index contributed by atoms with van der Waals surface area (Å²) in [7, 11) is 0. The normalized spacial score (nSPS) is 14.2. The van der Waals surface area contributed by atoms with Crippen LogP contribution in [0, 0.1) is 0 Å². The van der Waals surface area contributed by atoms with Crippen LogP contribution in [0.4, 0.5) is 17.5 Å². The average molecular weight is 374 g/mol. The topological polar surface area (TPSA) is 62.7 Å². The molecule has 0 fully saturated rings. The number of nitrogens with zero attached hydrogens (tertiary/aromatic N) is 3. The zero-order valence-corrected chi connectivity index (χ0v) is 14.5. The smallest absolute Gasteiger partial charge is 0.244 e. The predicted molar refractivity (Wildman–Crippen MR) is 96.9 cm³/mol. The predicted octanol–water partition coefficient (Wildman–Crippen LogP) is 4.68. The highest BCUT2D eigenvalue weighted by Crippen LogP contribution is 2.21. The van der Waals surface area contributed by atoms with Gasteiger partial charge in [0.25, 0.3) is 0 Å². The molecule has 0 atom stereocenters. The fourth-order valence-corrected chi connectivity index (χ4v) is 3.02. The first kappa shape index (κ1) is 15.9. The van der Waals surface area contributed by atoms with Crippen LogP contribution in [0.5, 0.6) is 0 Å². The molecule has 1 aromatic carbocycles. The number of hydrogen-bond donors (Lipinski definition) is 2. The lowest BCUT2D eigenvalue weighted by atomic mass is 9.97. The number of allylic oxidation sites excluding steroid dienone is 1. The summed E-state index contributed by atoms with van der Waals surface area (Å²) in [5, 5.41) is 14.5. The zero-order chi connectivity index (χ0) is 15.9. The molecule has 5 nitrogen and oxygen atoms in total. The van der Waals surface area contributed by atoms with Crippen molar-refractivity contribution in [3.8, 4) is 0 Å². The third kappa shape index (κ3) is 5.03. The van der Waals surface area contributed by atoms with Crippen LogP contribution in [0.2, 0.25) is 0 Å². The number of nitrogens with one attached hydrogen (secondary N) is 2. The number of aromatic nitrogens is 3. The second-order valence-electron chi connectivity index (χ2n) is 5.59. The van der Waals surface area contributed by atoms with E-state index in [2.05, 4.69) is 47.8 Å². The van der Waals surface area contributed by atoms with Crippen molar-refractivity contribution in [1.82, 2.24) is 15.2 Å². The SMILES string of the molecule is Brc1cccc(Nc2cnnc(NCCC3=CCCCC3)n2)c1. The van der Waals surface area contributed by atoms with E-state index in [1.54, 1.807) is 11.8 Å². The van der Waals surface area contributed by atoms with Crippen molar-refractivity contribution in [1.29, 1.82) is 0 Å². The Morgan fingerprint density at radius 3 is 3.00 bits per heavy atom. The average Bonchev–Trinajstić information content (AvgIpc) is 2.56. The van der Waals surface area contributed by atoms with Gasteiger partial charge in [0.1, 0.15) is 0 Å². The van der Waals surface area contributed by atoms with Crippen LogP contribution in [0.3, 0.4) is 0 Å². The molecule has 2 N–H and O–H groups in total. The first-order valence-electron chi connectivity index (χ1n) is 7.94. The van der Waals surface area contributed by atoms with Crippen molar-refractivity contribution in [3.63, 3.8) is 0 Å². The molecular formula is C17H20BrN5. The summed E-state index contributed by atoms with van der Waals surface area (Å²) in [6.45, 7) is 0.841. The number of rotatable bonds is 6. The van der Waals surface area contributed by atoms with Gasteiger partial charge in [0.05, 0.1) is 6.20 Å². The molecule has 0 saturated carbocycles. The van der Waals surface area contributed by atoms with Crippen molar-refractivity contribution in [2.75, 3.05) is 17.2 Å². The number of anilines is 3. The van der Waals surface area contributed by atoms with Gasteiger partial charge in [-0.25, -0.2) is 0 Å². The van der Waals surface area contributed by atoms with Gasteiger partial charge < -0.3 is 10.6 Å². The maximum Gasteiger partial charge on any atom is 0.244 e. The number of hydrogen-bond acceptors (Lipinski definition) is 5. The van der Waals surface area contributed by atoms with Gasteiger partial charge in [0, 0.05) is 16.7 Å². The molecule has 1 aliphatic rings. The van der Waals surface area contributed by atoms with Crippen LogP contribution in [0.25, 0.3) is 0 Å². The fourth-order valence-electron chi connectivity index (χ4n) is 2.62. The van der Waals surface area contributed by atoms with Gasteiger partial charge in [-0.2, -0.15) is 10.1 Å². The summed E-state index contributed by atoms with van der Waals surface area (Å²) >= 11 is 3.46. The Hall–Kier alpha value is -1.95. The highest BCUT2D eigenvalue weighted by Gasteiger charge is 2.05. The maximum atomic E-state index is 4.45. The molecule has 0 bridgehead atoms. The molecule has 0 amide bonds. The summed E-state index contributed by atoms with van der Waals surface area (Å²) in [5.74, 6) is 1.24. The molecule has 0 radical (unpaired) electrons. The summed E-state index contributed by atoms with van der Waals surface area (Å²) < 4.78 is 1.02. The minimum absolute atomic E-state index is 0.557. The molecule has 0 aliphatic heterocycles. The van der Waals surface area contributed by atoms with Gasteiger partial charge >= 0.3 is 0 Å².